The number of amides is 1. The van der Waals surface area contributed by atoms with Gasteiger partial charge >= 0.3 is 0 Å². The number of nitrogens with two attached hydrogens (primary N) is 2. The van der Waals surface area contributed by atoms with Crippen LogP contribution in [0.5, 0.6) is 5.88 Å². The van der Waals surface area contributed by atoms with E-state index in [2.05, 4.69) is 10.3 Å². The van der Waals surface area contributed by atoms with Crippen LogP contribution < -0.4 is 20.9 Å². The van der Waals surface area contributed by atoms with Gasteiger partial charge in [0.2, 0.25) is 15.9 Å². The van der Waals surface area contributed by atoms with Crippen molar-refractivity contribution in [1.29, 1.82) is 0 Å². The maximum absolute atomic E-state index is 12.4. The Labute approximate surface area is 156 Å². The molecule has 0 aliphatic carbocycles. The number of carbonyl (C=O) groups excluding carboxylic acids is 1. The molecule has 26 heavy (non-hydrogen) atoms. The van der Waals surface area contributed by atoms with E-state index in [1.54, 1.807) is 32.0 Å². The molecule has 0 atom stereocenters. The molecule has 2 rings (SSSR count). The van der Waals surface area contributed by atoms with Crippen molar-refractivity contribution in [2.45, 2.75) is 31.4 Å². The smallest absolute Gasteiger partial charge is 0.270 e. The molecule has 2 aromatic rings. The standard InChI is InChI=1S/C16H19ClN4O4S/c1-9(2)25-16-14(17)11(18)7-12(21-16)15(22)20-8-10-5-3-4-6-13(10)26(19,23)24/h3-7,9H,8H2,1-2H3,(H2,18,21)(H,20,22)(H2,19,23,24). The van der Waals surface area contributed by atoms with Crippen molar-refractivity contribution in [3.63, 3.8) is 0 Å². The highest BCUT2D eigenvalue weighted by molar-refractivity contribution is 7.89. The van der Waals surface area contributed by atoms with Crippen molar-refractivity contribution in [2.24, 2.45) is 5.14 Å². The first kappa shape index (κ1) is 20.0. The summed E-state index contributed by atoms with van der Waals surface area (Å²) in [5.74, 6) is -0.511. The largest absolute Gasteiger partial charge is 0.474 e. The van der Waals surface area contributed by atoms with E-state index in [-0.39, 0.29) is 39.8 Å². The molecule has 5 N–H and O–H groups in total. The molecule has 0 bridgehead atoms. The fraction of sp³-hybridized carbons (Fsp3) is 0.250. The minimum absolute atomic E-state index is 0.00404. The summed E-state index contributed by atoms with van der Waals surface area (Å²) in [5.41, 5.74) is 6.29. The van der Waals surface area contributed by atoms with Crippen LogP contribution in [0.2, 0.25) is 5.02 Å². The van der Waals surface area contributed by atoms with E-state index in [1.807, 2.05) is 0 Å². The minimum atomic E-state index is -3.90. The second-order valence-corrected chi connectivity index (χ2v) is 7.63. The number of ether oxygens (including phenoxy) is 1. The van der Waals surface area contributed by atoms with Gasteiger partial charge in [-0.25, -0.2) is 18.5 Å². The van der Waals surface area contributed by atoms with E-state index < -0.39 is 15.9 Å². The topological polar surface area (TPSA) is 137 Å². The monoisotopic (exact) mass is 398 g/mol. The lowest BCUT2D eigenvalue weighted by molar-refractivity contribution is 0.0943. The SMILES string of the molecule is CC(C)Oc1nc(C(=O)NCc2ccccc2S(N)(=O)=O)cc(N)c1Cl. The van der Waals surface area contributed by atoms with Gasteiger partial charge in [0.1, 0.15) is 10.7 Å². The van der Waals surface area contributed by atoms with E-state index in [0.29, 0.717) is 5.56 Å². The van der Waals surface area contributed by atoms with E-state index in [9.17, 15) is 13.2 Å². The molecule has 1 aromatic carbocycles. The number of rotatable bonds is 6. The summed E-state index contributed by atoms with van der Waals surface area (Å²) in [6, 6.07) is 7.42. The van der Waals surface area contributed by atoms with Crippen molar-refractivity contribution >= 4 is 33.2 Å². The molecule has 0 radical (unpaired) electrons. The first-order valence-electron chi connectivity index (χ1n) is 7.61. The van der Waals surface area contributed by atoms with Gasteiger partial charge in [-0.3, -0.25) is 4.79 Å². The molecular formula is C16H19ClN4O4S. The number of nitrogens with zero attached hydrogens (tertiary/aromatic N) is 1. The number of benzene rings is 1. The van der Waals surface area contributed by atoms with Crippen molar-refractivity contribution < 1.29 is 17.9 Å². The van der Waals surface area contributed by atoms with Crippen molar-refractivity contribution in [1.82, 2.24) is 10.3 Å². The number of carbonyl (C=O) groups is 1. The maximum atomic E-state index is 12.4. The third-order valence-corrected chi connectivity index (χ3v) is 4.65. The van der Waals surface area contributed by atoms with E-state index in [0.717, 1.165) is 0 Å². The van der Waals surface area contributed by atoms with E-state index >= 15 is 0 Å². The quantitative estimate of drug-likeness (QED) is 0.676. The van der Waals surface area contributed by atoms with Crippen LogP contribution in [0.3, 0.4) is 0 Å². The highest BCUT2D eigenvalue weighted by Gasteiger charge is 2.18. The number of halogens is 1. The number of nitrogens with one attached hydrogen (secondary N) is 1. The lowest BCUT2D eigenvalue weighted by Gasteiger charge is -2.13. The highest BCUT2D eigenvalue weighted by atomic mass is 35.5. The van der Waals surface area contributed by atoms with Gasteiger partial charge in [-0.05, 0) is 31.5 Å². The molecule has 0 spiro atoms. The average molecular weight is 399 g/mol. The highest BCUT2D eigenvalue weighted by Crippen LogP contribution is 2.29. The van der Waals surface area contributed by atoms with Gasteiger partial charge in [-0.2, -0.15) is 0 Å². The predicted molar refractivity (Wildman–Crippen MR) is 98.4 cm³/mol. The Kier molecular flexibility index (Phi) is 6.06. The third kappa shape index (κ3) is 4.84. The molecule has 1 aromatic heterocycles. The summed E-state index contributed by atoms with van der Waals surface area (Å²) in [5, 5.41) is 7.88. The minimum Gasteiger partial charge on any atom is -0.474 e. The Balaban J connectivity index is 2.23. The first-order valence-corrected chi connectivity index (χ1v) is 9.53. The number of pyridine rings is 1. The Morgan fingerprint density at radius 2 is 2.00 bits per heavy atom. The summed E-state index contributed by atoms with van der Waals surface area (Å²) < 4.78 is 28.6. The zero-order chi connectivity index (χ0) is 19.5. The summed E-state index contributed by atoms with van der Waals surface area (Å²) in [4.78, 5) is 16.4. The maximum Gasteiger partial charge on any atom is 0.270 e. The van der Waals surface area contributed by atoms with Crippen LogP contribution in [-0.4, -0.2) is 25.4 Å². The van der Waals surface area contributed by atoms with Gasteiger partial charge in [-0.15, -0.1) is 0 Å². The second kappa shape index (κ2) is 7.90. The number of hydrogen-bond acceptors (Lipinski definition) is 6. The van der Waals surface area contributed by atoms with E-state index in [4.69, 9.17) is 27.2 Å². The summed E-state index contributed by atoms with van der Waals surface area (Å²) in [6.45, 7) is 3.51. The Morgan fingerprint density at radius 1 is 1.35 bits per heavy atom. The lowest BCUT2D eigenvalue weighted by atomic mass is 10.2. The molecule has 8 nitrogen and oxygen atoms in total. The van der Waals surface area contributed by atoms with Gasteiger partial charge < -0.3 is 15.8 Å². The Bertz CT molecular complexity index is 932. The molecule has 0 aliphatic rings. The second-order valence-electron chi connectivity index (χ2n) is 5.72. The average Bonchev–Trinajstić information content (AvgIpc) is 2.55. The van der Waals surface area contributed by atoms with Crippen LogP contribution in [0.1, 0.15) is 29.9 Å². The van der Waals surface area contributed by atoms with Crippen LogP contribution in [0.25, 0.3) is 0 Å². The molecule has 1 amide bonds. The van der Waals surface area contributed by atoms with Gasteiger partial charge in [0.25, 0.3) is 5.91 Å². The summed E-state index contributed by atoms with van der Waals surface area (Å²) in [7, 11) is -3.90. The van der Waals surface area contributed by atoms with Crippen LogP contribution in [-0.2, 0) is 16.6 Å². The number of sulfonamides is 1. The molecule has 0 unspecified atom stereocenters. The van der Waals surface area contributed by atoms with Crippen LogP contribution in [0.4, 0.5) is 5.69 Å². The van der Waals surface area contributed by atoms with Crippen LogP contribution >= 0.6 is 11.6 Å². The molecule has 1 heterocycles. The zero-order valence-corrected chi connectivity index (χ0v) is 15.8. The van der Waals surface area contributed by atoms with Crippen molar-refractivity contribution in [3.8, 4) is 5.88 Å². The third-order valence-electron chi connectivity index (χ3n) is 3.25. The number of anilines is 1. The number of primary sulfonamides is 1. The molecule has 10 heteroatoms. The number of nitrogen functional groups attached to an aromatic ring is 1. The fourth-order valence-corrected chi connectivity index (χ4v) is 3.05. The fourth-order valence-electron chi connectivity index (χ4n) is 2.14. The molecular weight excluding hydrogens is 380 g/mol. The van der Waals surface area contributed by atoms with E-state index in [1.165, 1.54) is 12.1 Å². The van der Waals surface area contributed by atoms with Crippen molar-refractivity contribution in [3.05, 3.63) is 46.6 Å². The molecule has 140 valence electrons. The van der Waals surface area contributed by atoms with Gasteiger partial charge in [-0.1, -0.05) is 29.8 Å². The van der Waals surface area contributed by atoms with Crippen LogP contribution in [0.15, 0.2) is 35.2 Å². The lowest BCUT2D eigenvalue weighted by Crippen LogP contribution is -2.26. The Morgan fingerprint density at radius 3 is 2.62 bits per heavy atom. The number of aromatic nitrogens is 1. The molecule has 0 fully saturated rings. The van der Waals surface area contributed by atoms with Gasteiger partial charge in [0, 0.05) is 6.54 Å². The first-order chi connectivity index (χ1) is 12.1. The summed E-state index contributed by atoms with van der Waals surface area (Å²) in [6.07, 6.45) is -0.209. The zero-order valence-electron chi connectivity index (χ0n) is 14.2. The number of hydrogen-bond donors (Lipinski definition) is 3. The van der Waals surface area contributed by atoms with Gasteiger partial charge in [0.15, 0.2) is 0 Å². The van der Waals surface area contributed by atoms with Crippen molar-refractivity contribution in [2.75, 3.05) is 5.73 Å². The Hall–Kier alpha value is -2.36. The molecule has 0 saturated heterocycles. The molecule has 0 saturated carbocycles. The predicted octanol–water partition coefficient (Wildman–Crippen LogP) is 1.68. The normalized spacial score (nSPS) is 11.4. The van der Waals surface area contributed by atoms with Gasteiger partial charge in [0.05, 0.1) is 16.7 Å². The van der Waals surface area contributed by atoms with Crippen LogP contribution in [0, 0.1) is 0 Å². The molecule has 0 aliphatic heterocycles. The summed E-state index contributed by atoms with van der Waals surface area (Å²) >= 11 is 6.03.